The third-order valence-electron chi connectivity index (χ3n) is 5.09. The molecule has 7 nitrogen and oxygen atoms in total. The number of hydrogen-bond donors (Lipinski definition) is 3. The highest BCUT2D eigenvalue weighted by atomic mass is 16.2. The van der Waals surface area contributed by atoms with Crippen molar-refractivity contribution in [3.8, 4) is 0 Å². The molecular weight excluding hydrogens is 318 g/mol. The third-order valence-corrected chi connectivity index (χ3v) is 5.09. The summed E-state index contributed by atoms with van der Waals surface area (Å²) in [7, 11) is 0. The minimum absolute atomic E-state index is 0.0138. The number of carbonyl (C=O) groups is 2. The van der Waals surface area contributed by atoms with E-state index in [0.717, 1.165) is 44.2 Å². The summed E-state index contributed by atoms with van der Waals surface area (Å²) in [4.78, 5) is 24.6. The van der Waals surface area contributed by atoms with Gasteiger partial charge in [-0.3, -0.25) is 14.9 Å². The van der Waals surface area contributed by atoms with Crippen LogP contribution in [0.1, 0.15) is 70.3 Å². The first kappa shape index (κ1) is 17.9. The second-order valence-electron chi connectivity index (χ2n) is 7.27. The summed E-state index contributed by atoms with van der Waals surface area (Å²) in [6, 6.07) is 1.99. The predicted molar refractivity (Wildman–Crippen MR) is 95.8 cm³/mol. The maximum atomic E-state index is 12.6. The van der Waals surface area contributed by atoms with Gasteiger partial charge in [-0.1, -0.05) is 32.6 Å². The van der Waals surface area contributed by atoms with Gasteiger partial charge in [-0.2, -0.15) is 5.10 Å². The van der Waals surface area contributed by atoms with E-state index in [4.69, 9.17) is 0 Å². The zero-order chi connectivity index (χ0) is 17.8. The lowest BCUT2D eigenvalue weighted by Gasteiger charge is -2.32. The molecule has 1 aliphatic heterocycles. The van der Waals surface area contributed by atoms with Gasteiger partial charge in [-0.05, 0) is 26.2 Å². The van der Waals surface area contributed by atoms with Gasteiger partial charge in [0.25, 0.3) is 0 Å². The Labute approximate surface area is 148 Å². The van der Waals surface area contributed by atoms with E-state index < -0.39 is 6.29 Å². The lowest BCUT2D eigenvalue weighted by Crippen LogP contribution is -2.53. The highest BCUT2D eigenvalue weighted by molar-refractivity contribution is 5.92. The summed E-state index contributed by atoms with van der Waals surface area (Å²) in [6.45, 7) is 4.00. The molecule has 3 rings (SSSR count). The smallest absolute Gasteiger partial charge is 0.228 e. The number of aryl methyl sites for hydroxylation is 1. The first-order chi connectivity index (χ1) is 12.1. The number of amides is 2. The minimum atomic E-state index is -0.423. The SMILES string of the molecule is CCCC1CC(=O)NC(n2nc(C)cc2NC(=O)C2CCCCC2)N1. The summed E-state index contributed by atoms with van der Waals surface area (Å²) in [5.74, 6) is 0.801. The molecule has 0 bridgehead atoms. The molecule has 1 aromatic heterocycles. The Morgan fingerprint density at radius 2 is 2.12 bits per heavy atom. The van der Waals surface area contributed by atoms with Gasteiger partial charge in [-0.15, -0.1) is 0 Å². The summed E-state index contributed by atoms with van der Waals surface area (Å²) in [6.07, 6.45) is 7.38. The molecule has 1 aromatic rings. The molecule has 1 saturated carbocycles. The van der Waals surface area contributed by atoms with E-state index in [1.165, 1.54) is 6.42 Å². The van der Waals surface area contributed by atoms with E-state index in [-0.39, 0.29) is 23.8 Å². The van der Waals surface area contributed by atoms with Crippen LogP contribution in [0.4, 0.5) is 5.82 Å². The number of nitrogens with one attached hydrogen (secondary N) is 3. The van der Waals surface area contributed by atoms with Crippen molar-refractivity contribution >= 4 is 17.6 Å². The topological polar surface area (TPSA) is 88.1 Å². The van der Waals surface area contributed by atoms with E-state index in [0.29, 0.717) is 12.2 Å². The molecule has 0 aromatic carbocycles. The summed E-state index contributed by atoms with van der Waals surface area (Å²) in [5, 5.41) is 13.9. The van der Waals surface area contributed by atoms with Crippen LogP contribution in [0, 0.1) is 12.8 Å². The molecule has 138 valence electrons. The van der Waals surface area contributed by atoms with Crippen LogP contribution in [0.15, 0.2) is 6.07 Å². The molecule has 2 atom stereocenters. The second-order valence-corrected chi connectivity index (χ2v) is 7.27. The van der Waals surface area contributed by atoms with E-state index in [1.807, 2.05) is 13.0 Å². The molecule has 25 heavy (non-hydrogen) atoms. The molecule has 0 radical (unpaired) electrons. The van der Waals surface area contributed by atoms with Crippen LogP contribution in [0.25, 0.3) is 0 Å². The fourth-order valence-corrected chi connectivity index (χ4v) is 3.82. The summed E-state index contributed by atoms with van der Waals surface area (Å²) < 4.78 is 1.69. The normalized spacial score (nSPS) is 24.8. The average Bonchev–Trinajstić information content (AvgIpc) is 2.96. The van der Waals surface area contributed by atoms with Gasteiger partial charge in [0.05, 0.1) is 5.69 Å². The van der Waals surface area contributed by atoms with Crippen LogP contribution in [-0.4, -0.2) is 27.6 Å². The van der Waals surface area contributed by atoms with E-state index in [2.05, 4.69) is 28.0 Å². The van der Waals surface area contributed by atoms with Crippen LogP contribution in [0.5, 0.6) is 0 Å². The Balaban J connectivity index is 1.73. The summed E-state index contributed by atoms with van der Waals surface area (Å²) in [5.41, 5.74) is 0.813. The van der Waals surface area contributed by atoms with Crippen molar-refractivity contribution in [3.63, 3.8) is 0 Å². The molecule has 2 fully saturated rings. The van der Waals surface area contributed by atoms with Gasteiger partial charge >= 0.3 is 0 Å². The molecule has 1 saturated heterocycles. The lowest BCUT2D eigenvalue weighted by atomic mass is 9.89. The summed E-state index contributed by atoms with van der Waals surface area (Å²) >= 11 is 0. The first-order valence-electron chi connectivity index (χ1n) is 9.49. The van der Waals surface area contributed by atoms with Crippen LogP contribution in [0.3, 0.4) is 0 Å². The Kier molecular flexibility index (Phi) is 5.73. The van der Waals surface area contributed by atoms with Crippen molar-refractivity contribution in [2.75, 3.05) is 5.32 Å². The van der Waals surface area contributed by atoms with E-state index in [9.17, 15) is 9.59 Å². The average molecular weight is 347 g/mol. The molecule has 7 heteroatoms. The van der Waals surface area contributed by atoms with Crippen molar-refractivity contribution in [2.45, 2.75) is 77.5 Å². The van der Waals surface area contributed by atoms with E-state index >= 15 is 0 Å². The van der Waals surface area contributed by atoms with Crippen molar-refractivity contribution in [2.24, 2.45) is 5.92 Å². The highest BCUT2D eigenvalue weighted by Crippen LogP contribution is 2.26. The Bertz CT molecular complexity index is 621. The monoisotopic (exact) mass is 347 g/mol. The Morgan fingerprint density at radius 3 is 2.84 bits per heavy atom. The Morgan fingerprint density at radius 1 is 1.36 bits per heavy atom. The molecule has 2 amide bonds. The first-order valence-corrected chi connectivity index (χ1v) is 9.49. The number of aromatic nitrogens is 2. The second kappa shape index (κ2) is 7.99. The Hall–Kier alpha value is -1.89. The fourth-order valence-electron chi connectivity index (χ4n) is 3.82. The minimum Gasteiger partial charge on any atom is -0.322 e. The molecule has 2 heterocycles. The van der Waals surface area contributed by atoms with Gasteiger partial charge in [0.2, 0.25) is 11.8 Å². The zero-order valence-corrected chi connectivity index (χ0v) is 15.2. The van der Waals surface area contributed by atoms with Crippen LogP contribution >= 0.6 is 0 Å². The van der Waals surface area contributed by atoms with Crippen LogP contribution < -0.4 is 16.0 Å². The van der Waals surface area contributed by atoms with Crippen molar-refractivity contribution in [1.82, 2.24) is 20.4 Å². The zero-order valence-electron chi connectivity index (χ0n) is 15.2. The van der Waals surface area contributed by atoms with E-state index in [1.54, 1.807) is 4.68 Å². The number of rotatable bonds is 5. The largest absolute Gasteiger partial charge is 0.322 e. The highest BCUT2D eigenvalue weighted by Gasteiger charge is 2.29. The standard InChI is InChI=1S/C18H29N5O2/c1-3-7-14-11-16(24)21-18(19-14)23-15(10-12(2)22-23)20-17(25)13-8-5-4-6-9-13/h10,13-14,18-19H,3-9,11H2,1-2H3,(H,20,25)(H,21,24). The van der Waals surface area contributed by atoms with Crippen LogP contribution in [-0.2, 0) is 9.59 Å². The van der Waals surface area contributed by atoms with Gasteiger partial charge < -0.3 is 10.6 Å². The number of anilines is 1. The van der Waals surface area contributed by atoms with Gasteiger partial charge in [0.1, 0.15) is 5.82 Å². The molecule has 2 unspecified atom stereocenters. The fraction of sp³-hybridized carbons (Fsp3) is 0.722. The van der Waals surface area contributed by atoms with Gasteiger partial charge in [-0.25, -0.2) is 4.68 Å². The predicted octanol–water partition coefficient (Wildman–Crippen LogP) is 2.44. The van der Waals surface area contributed by atoms with Crippen molar-refractivity contribution < 1.29 is 9.59 Å². The number of nitrogens with zero attached hydrogens (tertiary/aromatic N) is 2. The quantitative estimate of drug-likeness (QED) is 0.763. The molecule has 0 spiro atoms. The number of carbonyl (C=O) groups excluding carboxylic acids is 2. The van der Waals surface area contributed by atoms with Crippen LogP contribution in [0.2, 0.25) is 0 Å². The maximum absolute atomic E-state index is 12.6. The molecular formula is C18H29N5O2. The molecule has 3 N–H and O–H groups in total. The van der Waals surface area contributed by atoms with Gasteiger partial charge in [0.15, 0.2) is 6.29 Å². The van der Waals surface area contributed by atoms with Crippen molar-refractivity contribution in [3.05, 3.63) is 11.8 Å². The molecule has 1 aliphatic carbocycles. The van der Waals surface area contributed by atoms with Crippen molar-refractivity contribution in [1.29, 1.82) is 0 Å². The number of hydrogen-bond acceptors (Lipinski definition) is 4. The third kappa shape index (κ3) is 4.39. The van der Waals surface area contributed by atoms with Gasteiger partial charge in [0, 0.05) is 24.4 Å². The lowest BCUT2D eigenvalue weighted by molar-refractivity contribution is -0.125. The maximum Gasteiger partial charge on any atom is 0.228 e. The molecule has 2 aliphatic rings.